The van der Waals surface area contributed by atoms with E-state index in [2.05, 4.69) is 5.32 Å². The van der Waals surface area contributed by atoms with Crippen LogP contribution in [-0.2, 0) is 11.3 Å². The van der Waals surface area contributed by atoms with Crippen LogP contribution in [0.1, 0.15) is 17.3 Å². The summed E-state index contributed by atoms with van der Waals surface area (Å²) in [6, 6.07) is 22.9. The number of rotatable bonds is 6. The summed E-state index contributed by atoms with van der Waals surface area (Å²) in [6.07, 6.45) is 0. The normalized spacial score (nSPS) is 11.0. The minimum atomic E-state index is -0.287. The van der Waals surface area contributed by atoms with Gasteiger partial charge in [-0.25, -0.2) is 9.38 Å². The third-order valence-electron chi connectivity index (χ3n) is 5.80. The maximum Gasteiger partial charge on any atom is 0.260 e. The molecule has 5 rings (SSSR count). The molecular weight excluding hydrogens is 444 g/mol. The number of nitrogens with one attached hydrogen (secondary N) is 1. The molecule has 0 bridgehead atoms. The van der Waals surface area contributed by atoms with Crippen LogP contribution < -0.4 is 15.6 Å². The Labute approximate surface area is 200 Å². The molecule has 0 saturated heterocycles. The quantitative estimate of drug-likeness (QED) is 0.379. The molecule has 0 radical (unpaired) electrons. The summed E-state index contributed by atoms with van der Waals surface area (Å²) in [5.41, 5.74) is 3.48. The van der Waals surface area contributed by atoms with Crippen LogP contribution in [0.3, 0.4) is 0 Å². The fraction of sp³-hybridized carbons (Fsp3) is 0.111. The first-order valence-corrected chi connectivity index (χ1v) is 11.0. The first-order chi connectivity index (χ1) is 16.9. The number of hydrogen-bond acceptors (Lipinski definition) is 5. The van der Waals surface area contributed by atoms with Crippen molar-refractivity contribution >= 4 is 34.2 Å². The highest BCUT2D eigenvalue weighted by Crippen LogP contribution is 2.24. The van der Waals surface area contributed by atoms with E-state index in [1.54, 1.807) is 35.9 Å². The number of fused-ring (bicyclic) bond motifs is 3. The van der Waals surface area contributed by atoms with Crippen molar-refractivity contribution in [3.05, 3.63) is 94.8 Å². The number of aromatic nitrogens is 3. The fourth-order valence-electron chi connectivity index (χ4n) is 4.09. The third-order valence-corrected chi connectivity index (χ3v) is 5.80. The van der Waals surface area contributed by atoms with Crippen LogP contribution in [0, 0.1) is 0 Å². The van der Waals surface area contributed by atoms with E-state index in [1.807, 2.05) is 48.5 Å². The largest absolute Gasteiger partial charge is 0.497 e. The van der Waals surface area contributed by atoms with Crippen molar-refractivity contribution in [3.63, 3.8) is 0 Å². The second kappa shape index (κ2) is 8.90. The molecule has 8 nitrogen and oxygen atoms in total. The molecule has 174 valence electrons. The van der Waals surface area contributed by atoms with Crippen LogP contribution >= 0.6 is 0 Å². The Hall–Kier alpha value is -4.72. The van der Waals surface area contributed by atoms with Gasteiger partial charge in [-0.3, -0.25) is 14.4 Å². The molecule has 0 atom stereocenters. The van der Waals surface area contributed by atoms with Crippen molar-refractivity contribution in [2.45, 2.75) is 13.5 Å². The minimum absolute atomic E-state index is 0.0449. The number of carbonyl (C=O) groups is 2. The Morgan fingerprint density at radius 2 is 1.69 bits per heavy atom. The molecule has 0 spiro atoms. The van der Waals surface area contributed by atoms with Crippen molar-refractivity contribution in [1.29, 1.82) is 0 Å². The number of ketones is 1. The van der Waals surface area contributed by atoms with E-state index in [9.17, 15) is 14.4 Å². The monoisotopic (exact) mass is 466 g/mol. The molecule has 35 heavy (non-hydrogen) atoms. The lowest BCUT2D eigenvalue weighted by atomic mass is 10.1. The molecule has 2 aromatic heterocycles. The SMILES string of the molecule is COc1cccc(-c2cc(=O)n3c4ccccc4n(CC(=O)Nc4ccc(C(C)=O)cc4)c3n2)c1. The van der Waals surface area contributed by atoms with E-state index in [0.717, 1.165) is 5.56 Å². The van der Waals surface area contributed by atoms with E-state index < -0.39 is 0 Å². The summed E-state index contributed by atoms with van der Waals surface area (Å²) in [7, 11) is 1.58. The number of hydrogen-bond donors (Lipinski definition) is 1. The van der Waals surface area contributed by atoms with Crippen LogP contribution in [0.25, 0.3) is 28.1 Å². The summed E-state index contributed by atoms with van der Waals surface area (Å²) in [5, 5.41) is 2.85. The number of nitrogens with zero attached hydrogens (tertiary/aromatic N) is 3. The van der Waals surface area contributed by atoms with Gasteiger partial charge in [0.25, 0.3) is 5.56 Å². The lowest BCUT2D eigenvalue weighted by molar-refractivity contribution is -0.116. The summed E-state index contributed by atoms with van der Waals surface area (Å²) in [4.78, 5) is 42.4. The van der Waals surface area contributed by atoms with E-state index in [0.29, 0.717) is 39.5 Å². The summed E-state index contributed by atoms with van der Waals surface area (Å²) in [6.45, 7) is 1.43. The van der Waals surface area contributed by atoms with Gasteiger partial charge in [0, 0.05) is 22.9 Å². The number of benzene rings is 3. The number of ether oxygens (including phenoxy) is 1. The average molecular weight is 466 g/mol. The Kier molecular flexibility index (Phi) is 5.62. The highest BCUT2D eigenvalue weighted by atomic mass is 16.5. The van der Waals surface area contributed by atoms with Crippen LogP contribution in [0.2, 0.25) is 0 Å². The van der Waals surface area contributed by atoms with Gasteiger partial charge in [0.05, 0.1) is 23.8 Å². The third kappa shape index (κ3) is 4.17. The van der Waals surface area contributed by atoms with Gasteiger partial charge in [-0.05, 0) is 55.5 Å². The molecule has 0 aliphatic rings. The lowest BCUT2D eigenvalue weighted by Gasteiger charge is -2.09. The molecule has 5 aromatic rings. The Morgan fingerprint density at radius 1 is 0.943 bits per heavy atom. The fourth-order valence-corrected chi connectivity index (χ4v) is 4.09. The molecule has 3 aromatic carbocycles. The number of carbonyl (C=O) groups excluding carboxylic acids is 2. The number of anilines is 1. The highest BCUT2D eigenvalue weighted by Gasteiger charge is 2.17. The molecule has 0 fully saturated rings. The summed E-state index contributed by atoms with van der Waals surface area (Å²) < 4.78 is 8.54. The van der Waals surface area contributed by atoms with Crippen molar-refractivity contribution in [1.82, 2.24) is 14.0 Å². The van der Waals surface area contributed by atoms with Crippen molar-refractivity contribution in [3.8, 4) is 17.0 Å². The number of amides is 1. The molecular formula is C27H22N4O4. The number of methoxy groups -OCH3 is 1. The van der Waals surface area contributed by atoms with E-state index in [-0.39, 0.29) is 23.8 Å². The van der Waals surface area contributed by atoms with Crippen LogP contribution in [0.5, 0.6) is 5.75 Å². The maximum absolute atomic E-state index is 13.2. The first-order valence-electron chi connectivity index (χ1n) is 11.0. The Morgan fingerprint density at radius 3 is 2.40 bits per heavy atom. The van der Waals surface area contributed by atoms with Gasteiger partial charge < -0.3 is 14.6 Å². The van der Waals surface area contributed by atoms with Gasteiger partial charge in [0.1, 0.15) is 12.3 Å². The molecule has 0 saturated carbocycles. The molecule has 1 N–H and O–H groups in total. The Bertz CT molecular complexity index is 1650. The second-order valence-electron chi connectivity index (χ2n) is 8.10. The molecule has 0 aliphatic carbocycles. The van der Waals surface area contributed by atoms with Crippen LogP contribution in [0.15, 0.2) is 83.7 Å². The minimum Gasteiger partial charge on any atom is -0.497 e. The zero-order valence-corrected chi connectivity index (χ0v) is 19.2. The number of para-hydroxylation sites is 2. The summed E-state index contributed by atoms with van der Waals surface area (Å²) >= 11 is 0. The van der Waals surface area contributed by atoms with E-state index >= 15 is 0 Å². The predicted octanol–water partition coefficient (Wildman–Crippen LogP) is 4.17. The second-order valence-corrected chi connectivity index (χ2v) is 8.10. The van der Waals surface area contributed by atoms with E-state index in [1.165, 1.54) is 17.4 Å². The van der Waals surface area contributed by atoms with Crippen LogP contribution in [-0.4, -0.2) is 32.8 Å². The van der Waals surface area contributed by atoms with Gasteiger partial charge in [-0.1, -0.05) is 24.3 Å². The van der Waals surface area contributed by atoms with E-state index in [4.69, 9.17) is 9.72 Å². The topological polar surface area (TPSA) is 94.7 Å². The van der Waals surface area contributed by atoms with Crippen molar-refractivity contribution < 1.29 is 14.3 Å². The number of imidazole rings is 1. The van der Waals surface area contributed by atoms with Gasteiger partial charge in [0.15, 0.2) is 5.78 Å². The smallest absolute Gasteiger partial charge is 0.260 e. The van der Waals surface area contributed by atoms with Gasteiger partial charge in [0.2, 0.25) is 11.7 Å². The molecule has 1 amide bonds. The van der Waals surface area contributed by atoms with Gasteiger partial charge in [-0.15, -0.1) is 0 Å². The predicted molar refractivity (Wildman–Crippen MR) is 134 cm³/mol. The van der Waals surface area contributed by atoms with Crippen molar-refractivity contribution in [2.24, 2.45) is 0 Å². The lowest BCUT2D eigenvalue weighted by Crippen LogP contribution is -2.20. The van der Waals surface area contributed by atoms with Gasteiger partial charge >= 0.3 is 0 Å². The average Bonchev–Trinajstić information content (AvgIpc) is 3.18. The number of Topliss-reactive ketones (excluding diaryl/α,β-unsaturated/α-hetero) is 1. The molecule has 2 heterocycles. The standard InChI is InChI=1S/C27H22N4O4/c1-17(32)18-10-12-20(13-11-18)28-25(33)16-30-23-8-3-4-9-24(23)31-26(34)15-22(29-27(30)31)19-6-5-7-21(14-19)35-2/h3-15H,16H2,1-2H3,(H,28,33). The maximum atomic E-state index is 13.2. The molecule has 0 aliphatic heterocycles. The van der Waals surface area contributed by atoms with Crippen molar-refractivity contribution in [2.75, 3.05) is 12.4 Å². The highest BCUT2D eigenvalue weighted by molar-refractivity contribution is 5.96. The molecule has 0 unspecified atom stereocenters. The molecule has 8 heteroatoms. The van der Waals surface area contributed by atoms with Gasteiger partial charge in [-0.2, -0.15) is 0 Å². The Balaban J connectivity index is 1.57. The zero-order valence-electron chi connectivity index (χ0n) is 19.2. The van der Waals surface area contributed by atoms with Crippen LogP contribution in [0.4, 0.5) is 5.69 Å². The zero-order chi connectivity index (χ0) is 24.5. The first kappa shape index (κ1) is 22.1. The summed E-state index contributed by atoms with van der Waals surface area (Å²) in [5.74, 6) is 0.681.